The molecule has 0 aliphatic carbocycles. The van der Waals surface area contributed by atoms with Crippen LogP contribution in [0.4, 0.5) is 30.7 Å². The van der Waals surface area contributed by atoms with Gasteiger partial charge in [-0.3, -0.25) is 15.1 Å². The molecule has 5 nitrogen and oxygen atoms in total. The van der Waals surface area contributed by atoms with Crippen molar-refractivity contribution < 1.29 is 45.4 Å². The van der Waals surface area contributed by atoms with Gasteiger partial charge in [-0.25, -0.2) is 4.39 Å². The zero-order valence-corrected chi connectivity index (χ0v) is 16.9. The Labute approximate surface area is 182 Å². The number of aliphatic hydroxyl groups is 1. The van der Waals surface area contributed by atoms with E-state index >= 15 is 0 Å². The SMILES string of the molecule is COC(=O)C[C@](NC[C@@H](O)C(F)(F)F)(c1cc(F)cc(C(F)(F)F)c1)c1ccc(Cl)cn1. The van der Waals surface area contributed by atoms with E-state index in [0.29, 0.717) is 12.1 Å². The summed E-state index contributed by atoms with van der Waals surface area (Å²) < 4.78 is 97.2. The van der Waals surface area contributed by atoms with Crippen LogP contribution in [0.2, 0.25) is 5.02 Å². The Morgan fingerprint density at radius 3 is 2.28 bits per heavy atom. The van der Waals surface area contributed by atoms with Gasteiger partial charge in [0, 0.05) is 12.7 Å². The number of rotatable bonds is 7. The van der Waals surface area contributed by atoms with Crippen LogP contribution in [0.25, 0.3) is 0 Å². The van der Waals surface area contributed by atoms with Gasteiger partial charge in [0.05, 0.1) is 35.3 Å². The smallest absolute Gasteiger partial charge is 0.416 e. The number of nitrogens with zero attached hydrogens (tertiary/aromatic N) is 1. The van der Waals surface area contributed by atoms with E-state index in [-0.39, 0.29) is 16.8 Å². The lowest BCUT2D eigenvalue weighted by Gasteiger charge is -2.35. The van der Waals surface area contributed by atoms with Crippen molar-refractivity contribution in [1.29, 1.82) is 0 Å². The van der Waals surface area contributed by atoms with Crippen molar-refractivity contribution in [2.75, 3.05) is 13.7 Å². The highest BCUT2D eigenvalue weighted by Crippen LogP contribution is 2.38. The number of benzene rings is 1. The molecular weight excluding hydrogens is 473 g/mol. The molecule has 2 aromatic rings. The fourth-order valence-corrected chi connectivity index (χ4v) is 3.01. The van der Waals surface area contributed by atoms with E-state index in [2.05, 4.69) is 15.0 Å². The number of carbonyl (C=O) groups is 1. The quantitative estimate of drug-likeness (QED) is 0.451. The second-order valence-electron chi connectivity index (χ2n) is 6.68. The third-order valence-corrected chi connectivity index (χ3v) is 4.72. The van der Waals surface area contributed by atoms with E-state index < -0.39 is 59.9 Å². The molecular formula is C19H16ClF7N2O3. The van der Waals surface area contributed by atoms with Gasteiger partial charge in [0.2, 0.25) is 0 Å². The Kier molecular flexibility index (Phi) is 7.74. The van der Waals surface area contributed by atoms with Crippen molar-refractivity contribution in [3.8, 4) is 0 Å². The molecule has 13 heteroatoms. The first-order valence-corrected chi connectivity index (χ1v) is 9.14. The molecule has 0 saturated heterocycles. The van der Waals surface area contributed by atoms with Crippen molar-refractivity contribution >= 4 is 17.6 Å². The van der Waals surface area contributed by atoms with Crippen molar-refractivity contribution in [3.05, 3.63) is 64.2 Å². The fourth-order valence-electron chi connectivity index (χ4n) is 2.90. The molecule has 2 N–H and O–H groups in total. The van der Waals surface area contributed by atoms with E-state index in [9.17, 15) is 40.6 Å². The zero-order valence-electron chi connectivity index (χ0n) is 16.2. The molecule has 1 heterocycles. The van der Waals surface area contributed by atoms with Crippen LogP contribution in [-0.4, -0.2) is 42.0 Å². The van der Waals surface area contributed by atoms with Crippen LogP contribution in [0, 0.1) is 5.82 Å². The third kappa shape index (κ3) is 6.08. The second kappa shape index (κ2) is 9.59. The predicted octanol–water partition coefficient (Wildman–Crippen LogP) is 4.21. The van der Waals surface area contributed by atoms with Crippen LogP contribution in [-0.2, 0) is 21.2 Å². The number of esters is 1. The van der Waals surface area contributed by atoms with Gasteiger partial charge in [-0.1, -0.05) is 11.6 Å². The number of alkyl halides is 6. The van der Waals surface area contributed by atoms with E-state index in [1.807, 2.05) is 0 Å². The average Bonchev–Trinajstić information content (AvgIpc) is 2.69. The number of nitrogens with one attached hydrogen (secondary N) is 1. The number of hydrogen-bond acceptors (Lipinski definition) is 5. The van der Waals surface area contributed by atoms with Gasteiger partial charge in [0.25, 0.3) is 0 Å². The van der Waals surface area contributed by atoms with Crippen molar-refractivity contribution in [1.82, 2.24) is 10.3 Å². The molecule has 1 aromatic heterocycles. The second-order valence-corrected chi connectivity index (χ2v) is 7.12. The van der Waals surface area contributed by atoms with Crippen LogP contribution in [0.15, 0.2) is 36.5 Å². The molecule has 0 aliphatic rings. The summed E-state index contributed by atoms with van der Waals surface area (Å²) in [5.74, 6) is -2.43. The van der Waals surface area contributed by atoms with Gasteiger partial charge in [-0.05, 0) is 35.9 Å². The van der Waals surface area contributed by atoms with Gasteiger partial charge >= 0.3 is 18.3 Å². The van der Waals surface area contributed by atoms with Gasteiger partial charge in [0.1, 0.15) is 5.82 Å². The Bertz CT molecular complexity index is 951. The highest BCUT2D eigenvalue weighted by molar-refractivity contribution is 6.30. The van der Waals surface area contributed by atoms with Gasteiger partial charge in [-0.15, -0.1) is 0 Å². The molecule has 2 rings (SSSR count). The Hall–Kier alpha value is -2.44. The number of ether oxygens (including phenoxy) is 1. The van der Waals surface area contributed by atoms with Gasteiger partial charge in [-0.2, -0.15) is 26.3 Å². The normalized spacial score (nSPS) is 15.2. The molecule has 176 valence electrons. The Balaban J connectivity index is 2.76. The van der Waals surface area contributed by atoms with Crippen molar-refractivity contribution in [2.24, 2.45) is 0 Å². The lowest BCUT2D eigenvalue weighted by molar-refractivity contribution is -0.202. The number of carbonyl (C=O) groups excluding carboxylic acids is 1. The van der Waals surface area contributed by atoms with Crippen molar-refractivity contribution in [3.63, 3.8) is 0 Å². The number of halogens is 8. The molecule has 0 radical (unpaired) electrons. The number of aromatic nitrogens is 1. The molecule has 0 unspecified atom stereocenters. The van der Waals surface area contributed by atoms with Gasteiger partial charge in [0.15, 0.2) is 6.10 Å². The molecule has 0 bridgehead atoms. The highest BCUT2D eigenvalue weighted by Gasteiger charge is 2.44. The standard InChI is InChI=1S/C19H16ClF7N2O3/c1-32-16(31)7-17(14-3-2-12(20)8-28-14,29-9-15(30)19(25,26)27)10-4-11(18(22,23)24)6-13(21)5-10/h2-6,8,15,29-30H,7,9H2,1H3/t15-,17+/m1/s1. The molecule has 0 aliphatic heterocycles. The predicted molar refractivity (Wildman–Crippen MR) is 98.1 cm³/mol. The maximum Gasteiger partial charge on any atom is 0.416 e. The molecule has 2 atom stereocenters. The zero-order chi connectivity index (χ0) is 24.3. The largest absolute Gasteiger partial charge is 0.469 e. The molecule has 0 fully saturated rings. The first kappa shape index (κ1) is 25.8. The monoisotopic (exact) mass is 488 g/mol. The molecule has 1 aromatic carbocycles. The maximum absolute atomic E-state index is 14.2. The minimum absolute atomic E-state index is 0.0752. The molecule has 0 spiro atoms. The third-order valence-electron chi connectivity index (χ3n) is 4.49. The number of hydrogen-bond donors (Lipinski definition) is 2. The van der Waals surface area contributed by atoms with Crippen LogP contribution in [0.1, 0.15) is 23.2 Å². The molecule has 32 heavy (non-hydrogen) atoms. The summed E-state index contributed by atoms with van der Waals surface area (Å²) in [7, 11) is 0.944. The van der Waals surface area contributed by atoms with E-state index in [4.69, 9.17) is 11.6 Å². The summed E-state index contributed by atoms with van der Waals surface area (Å²) in [6, 6.07) is 3.63. The van der Waals surface area contributed by atoms with Gasteiger partial charge < -0.3 is 9.84 Å². The van der Waals surface area contributed by atoms with Crippen LogP contribution >= 0.6 is 11.6 Å². The van der Waals surface area contributed by atoms with Crippen LogP contribution in [0.5, 0.6) is 0 Å². The summed E-state index contributed by atoms with van der Waals surface area (Å²) >= 11 is 5.77. The molecule has 0 saturated carbocycles. The number of methoxy groups -OCH3 is 1. The van der Waals surface area contributed by atoms with E-state index in [1.165, 1.54) is 6.07 Å². The Morgan fingerprint density at radius 2 is 1.78 bits per heavy atom. The average molecular weight is 489 g/mol. The first-order valence-electron chi connectivity index (χ1n) is 8.76. The topological polar surface area (TPSA) is 71.5 Å². The maximum atomic E-state index is 14.2. The van der Waals surface area contributed by atoms with Crippen molar-refractivity contribution in [2.45, 2.75) is 30.4 Å². The Morgan fingerprint density at radius 1 is 1.16 bits per heavy atom. The molecule has 0 amide bonds. The first-order chi connectivity index (χ1) is 14.7. The van der Waals surface area contributed by atoms with E-state index in [0.717, 1.165) is 19.4 Å². The lowest BCUT2D eigenvalue weighted by atomic mass is 9.81. The fraction of sp³-hybridized carbons (Fsp3) is 0.368. The highest BCUT2D eigenvalue weighted by atomic mass is 35.5. The minimum Gasteiger partial charge on any atom is -0.469 e. The van der Waals surface area contributed by atoms with Crippen LogP contribution < -0.4 is 5.32 Å². The summed E-state index contributed by atoms with van der Waals surface area (Å²) in [6.07, 6.45) is -12.9. The summed E-state index contributed by atoms with van der Waals surface area (Å²) in [4.78, 5) is 16.0. The summed E-state index contributed by atoms with van der Waals surface area (Å²) in [5.41, 5.74) is -4.53. The minimum atomic E-state index is -5.09. The number of pyridine rings is 1. The van der Waals surface area contributed by atoms with E-state index in [1.54, 1.807) is 0 Å². The van der Waals surface area contributed by atoms with Crippen LogP contribution in [0.3, 0.4) is 0 Å². The summed E-state index contributed by atoms with van der Waals surface area (Å²) in [6.45, 7) is -1.26. The lowest BCUT2D eigenvalue weighted by Crippen LogP contribution is -2.51. The number of aliphatic hydroxyl groups excluding tert-OH is 1. The summed E-state index contributed by atoms with van der Waals surface area (Å²) in [5, 5.41) is 11.7.